The van der Waals surface area contributed by atoms with E-state index in [0.717, 1.165) is 11.8 Å². The zero-order valence-corrected chi connectivity index (χ0v) is 10.3. The fraction of sp³-hybridized carbons (Fsp3) is 0.0833. The van der Waals surface area contributed by atoms with E-state index in [0.29, 0.717) is 22.3 Å². The SMILES string of the molecule is Fc1cncc(CNc2cc(Cl)ccc2Cl)c1. The molecule has 0 bridgehead atoms. The molecule has 0 radical (unpaired) electrons. The molecule has 0 amide bonds. The van der Waals surface area contributed by atoms with Crippen LogP contribution in [0.25, 0.3) is 0 Å². The lowest BCUT2D eigenvalue weighted by molar-refractivity contribution is 0.619. The molecule has 88 valence electrons. The number of benzene rings is 1. The van der Waals surface area contributed by atoms with Crippen LogP contribution in [0.5, 0.6) is 0 Å². The second-order valence-corrected chi connectivity index (χ2v) is 4.33. The Labute approximate surface area is 108 Å². The summed E-state index contributed by atoms with van der Waals surface area (Å²) in [6, 6.07) is 6.55. The van der Waals surface area contributed by atoms with Crippen LogP contribution in [-0.4, -0.2) is 4.98 Å². The van der Waals surface area contributed by atoms with Gasteiger partial charge in [-0.1, -0.05) is 23.2 Å². The van der Waals surface area contributed by atoms with Crippen molar-refractivity contribution in [1.82, 2.24) is 4.98 Å². The Balaban J connectivity index is 2.09. The number of nitrogens with zero attached hydrogens (tertiary/aromatic N) is 1. The second-order valence-electron chi connectivity index (χ2n) is 3.49. The molecular weight excluding hydrogens is 262 g/mol. The number of pyridine rings is 1. The summed E-state index contributed by atoms with van der Waals surface area (Å²) in [7, 11) is 0. The van der Waals surface area contributed by atoms with Crippen molar-refractivity contribution in [2.45, 2.75) is 6.54 Å². The molecule has 1 N–H and O–H groups in total. The van der Waals surface area contributed by atoms with Gasteiger partial charge in [0.05, 0.1) is 16.9 Å². The van der Waals surface area contributed by atoms with E-state index in [9.17, 15) is 4.39 Å². The Morgan fingerprint density at radius 2 is 2.00 bits per heavy atom. The van der Waals surface area contributed by atoms with E-state index in [1.807, 2.05) is 0 Å². The molecule has 0 fully saturated rings. The first-order valence-corrected chi connectivity index (χ1v) is 5.69. The Morgan fingerprint density at radius 3 is 2.76 bits per heavy atom. The number of hydrogen-bond donors (Lipinski definition) is 1. The van der Waals surface area contributed by atoms with Gasteiger partial charge in [0.15, 0.2) is 0 Å². The summed E-state index contributed by atoms with van der Waals surface area (Å²) in [6.07, 6.45) is 2.75. The van der Waals surface area contributed by atoms with E-state index >= 15 is 0 Å². The highest BCUT2D eigenvalue weighted by Crippen LogP contribution is 2.25. The molecule has 0 spiro atoms. The first-order valence-electron chi connectivity index (χ1n) is 4.93. The topological polar surface area (TPSA) is 24.9 Å². The smallest absolute Gasteiger partial charge is 0.141 e. The zero-order chi connectivity index (χ0) is 12.3. The molecule has 2 rings (SSSR count). The second kappa shape index (κ2) is 5.34. The summed E-state index contributed by atoms with van der Waals surface area (Å²) in [5, 5.41) is 4.23. The molecule has 1 heterocycles. The van der Waals surface area contributed by atoms with Crippen molar-refractivity contribution < 1.29 is 4.39 Å². The molecule has 2 aromatic rings. The van der Waals surface area contributed by atoms with E-state index in [1.165, 1.54) is 6.07 Å². The lowest BCUT2D eigenvalue weighted by Gasteiger charge is -2.08. The van der Waals surface area contributed by atoms with Gasteiger partial charge in [-0.2, -0.15) is 0 Å². The summed E-state index contributed by atoms with van der Waals surface area (Å²) < 4.78 is 12.9. The number of halogens is 3. The molecule has 0 saturated carbocycles. The van der Waals surface area contributed by atoms with Gasteiger partial charge in [-0.3, -0.25) is 4.98 Å². The van der Waals surface area contributed by atoms with E-state index in [4.69, 9.17) is 23.2 Å². The van der Waals surface area contributed by atoms with Crippen LogP contribution in [0.2, 0.25) is 10.0 Å². The van der Waals surface area contributed by atoms with Crippen molar-refractivity contribution in [3.8, 4) is 0 Å². The highest BCUT2D eigenvalue weighted by atomic mass is 35.5. The molecule has 17 heavy (non-hydrogen) atoms. The molecule has 2 nitrogen and oxygen atoms in total. The van der Waals surface area contributed by atoms with Gasteiger partial charge in [0.2, 0.25) is 0 Å². The minimum atomic E-state index is -0.360. The minimum Gasteiger partial charge on any atom is -0.380 e. The van der Waals surface area contributed by atoms with Gasteiger partial charge >= 0.3 is 0 Å². The summed E-state index contributed by atoms with van der Waals surface area (Å²) in [5.74, 6) is -0.360. The van der Waals surface area contributed by atoms with Crippen molar-refractivity contribution in [1.29, 1.82) is 0 Å². The molecule has 0 aliphatic heterocycles. The first-order chi connectivity index (χ1) is 8.15. The van der Waals surface area contributed by atoms with Crippen LogP contribution in [-0.2, 0) is 6.54 Å². The fourth-order valence-electron chi connectivity index (χ4n) is 1.38. The number of anilines is 1. The molecule has 5 heteroatoms. The van der Waals surface area contributed by atoms with Gasteiger partial charge in [0.1, 0.15) is 5.82 Å². The Hall–Kier alpha value is -1.32. The Morgan fingerprint density at radius 1 is 1.18 bits per heavy atom. The number of nitrogens with one attached hydrogen (secondary N) is 1. The number of rotatable bonds is 3. The maximum atomic E-state index is 12.9. The quantitative estimate of drug-likeness (QED) is 0.907. The van der Waals surface area contributed by atoms with Crippen LogP contribution in [0.3, 0.4) is 0 Å². The highest BCUT2D eigenvalue weighted by molar-refractivity contribution is 6.35. The van der Waals surface area contributed by atoms with Gasteiger partial charge in [0, 0.05) is 17.8 Å². The lowest BCUT2D eigenvalue weighted by atomic mass is 10.2. The summed E-state index contributed by atoms with van der Waals surface area (Å²) >= 11 is 11.8. The van der Waals surface area contributed by atoms with Crippen molar-refractivity contribution in [2.75, 3.05) is 5.32 Å². The third-order valence-electron chi connectivity index (χ3n) is 2.17. The molecule has 1 aromatic heterocycles. The van der Waals surface area contributed by atoms with Crippen LogP contribution in [0.4, 0.5) is 10.1 Å². The Bertz CT molecular complexity index is 532. The highest BCUT2D eigenvalue weighted by Gasteiger charge is 2.02. The molecule has 0 unspecified atom stereocenters. The van der Waals surface area contributed by atoms with Crippen LogP contribution >= 0.6 is 23.2 Å². The monoisotopic (exact) mass is 270 g/mol. The largest absolute Gasteiger partial charge is 0.380 e. The van der Waals surface area contributed by atoms with Crippen molar-refractivity contribution in [3.05, 3.63) is 58.1 Å². The average Bonchev–Trinajstić information content (AvgIpc) is 2.30. The van der Waals surface area contributed by atoms with E-state index in [2.05, 4.69) is 10.3 Å². The average molecular weight is 271 g/mol. The summed E-state index contributed by atoms with van der Waals surface area (Å²) in [5.41, 5.74) is 1.45. The lowest BCUT2D eigenvalue weighted by Crippen LogP contribution is -2.00. The molecule has 0 atom stereocenters. The van der Waals surface area contributed by atoms with Gasteiger partial charge in [-0.05, 0) is 29.8 Å². The van der Waals surface area contributed by atoms with Crippen LogP contribution in [0.1, 0.15) is 5.56 Å². The molecule has 0 saturated heterocycles. The first kappa shape index (κ1) is 12.1. The van der Waals surface area contributed by atoms with Crippen LogP contribution in [0.15, 0.2) is 36.7 Å². The molecule has 1 aromatic carbocycles. The van der Waals surface area contributed by atoms with Crippen molar-refractivity contribution in [3.63, 3.8) is 0 Å². The summed E-state index contributed by atoms with van der Waals surface area (Å²) in [6.45, 7) is 0.435. The van der Waals surface area contributed by atoms with Gasteiger partial charge in [-0.15, -0.1) is 0 Å². The number of hydrogen-bond acceptors (Lipinski definition) is 2. The normalized spacial score (nSPS) is 10.3. The van der Waals surface area contributed by atoms with E-state index < -0.39 is 0 Å². The van der Waals surface area contributed by atoms with E-state index in [-0.39, 0.29) is 5.82 Å². The zero-order valence-electron chi connectivity index (χ0n) is 8.75. The standard InChI is InChI=1S/C12H9Cl2FN2/c13-9-1-2-11(14)12(4-9)17-6-8-3-10(15)7-16-5-8/h1-5,7,17H,6H2. The van der Waals surface area contributed by atoms with Gasteiger partial charge in [0.25, 0.3) is 0 Å². The molecule has 0 aliphatic carbocycles. The molecular formula is C12H9Cl2FN2. The third-order valence-corrected chi connectivity index (χ3v) is 2.74. The van der Waals surface area contributed by atoms with E-state index in [1.54, 1.807) is 24.4 Å². The molecule has 0 aliphatic rings. The fourth-order valence-corrected chi connectivity index (χ4v) is 1.74. The minimum absolute atomic E-state index is 0.360. The van der Waals surface area contributed by atoms with Crippen molar-refractivity contribution >= 4 is 28.9 Å². The maximum absolute atomic E-state index is 12.9. The Kier molecular flexibility index (Phi) is 3.82. The predicted octanol–water partition coefficient (Wildman–Crippen LogP) is 4.14. The van der Waals surface area contributed by atoms with Gasteiger partial charge < -0.3 is 5.32 Å². The summed E-state index contributed by atoms with van der Waals surface area (Å²) in [4.78, 5) is 3.76. The maximum Gasteiger partial charge on any atom is 0.141 e. The number of aromatic nitrogens is 1. The van der Waals surface area contributed by atoms with Gasteiger partial charge in [-0.25, -0.2) is 4.39 Å². The predicted molar refractivity (Wildman–Crippen MR) is 68.0 cm³/mol. The van der Waals surface area contributed by atoms with Crippen molar-refractivity contribution in [2.24, 2.45) is 0 Å². The van der Waals surface area contributed by atoms with Crippen LogP contribution < -0.4 is 5.32 Å². The van der Waals surface area contributed by atoms with Crippen LogP contribution in [0, 0.1) is 5.82 Å². The third kappa shape index (κ3) is 3.32.